The number of ether oxygens (including phenoxy) is 2. The van der Waals surface area contributed by atoms with Crippen molar-refractivity contribution in [3.63, 3.8) is 0 Å². The highest BCUT2D eigenvalue weighted by atomic mass is 35.5. The number of carbonyl (C=O) groups excluding carboxylic acids is 2. The summed E-state index contributed by atoms with van der Waals surface area (Å²) in [5.41, 5.74) is 2.30. The molecule has 0 saturated carbocycles. The summed E-state index contributed by atoms with van der Waals surface area (Å²) < 4.78 is 12.1. The Morgan fingerprint density at radius 3 is 2.58 bits per heavy atom. The smallest absolute Gasteiger partial charge is 0.222 e. The van der Waals surface area contributed by atoms with Crippen LogP contribution < -0.4 is 9.47 Å². The molecule has 5 nitrogen and oxygen atoms in total. The maximum atomic E-state index is 12.8. The lowest BCUT2D eigenvalue weighted by Gasteiger charge is -2.44. The summed E-state index contributed by atoms with van der Waals surface area (Å²) >= 11 is 5.87. The fraction of sp³-hybridized carbons (Fsp3) is 0.440. The van der Waals surface area contributed by atoms with Crippen LogP contribution in [0.4, 0.5) is 0 Å². The minimum Gasteiger partial charge on any atom is -0.494 e. The summed E-state index contributed by atoms with van der Waals surface area (Å²) in [6.45, 7) is 5.69. The molecule has 4 rings (SSSR count). The lowest BCUT2D eigenvalue weighted by atomic mass is 9.81. The quantitative estimate of drug-likeness (QED) is 0.602. The van der Waals surface area contributed by atoms with Gasteiger partial charge in [-0.25, -0.2) is 0 Å². The van der Waals surface area contributed by atoms with Crippen LogP contribution in [0.5, 0.6) is 11.5 Å². The van der Waals surface area contributed by atoms with Gasteiger partial charge in [0.2, 0.25) is 5.91 Å². The van der Waals surface area contributed by atoms with E-state index in [0.717, 1.165) is 22.4 Å². The molecular weight excluding hydrogens is 414 g/mol. The second kappa shape index (κ2) is 8.91. The van der Waals surface area contributed by atoms with Gasteiger partial charge < -0.3 is 14.4 Å². The van der Waals surface area contributed by atoms with Crippen LogP contribution in [0.3, 0.4) is 0 Å². The monoisotopic (exact) mass is 441 g/mol. The maximum absolute atomic E-state index is 12.8. The van der Waals surface area contributed by atoms with E-state index in [1.54, 1.807) is 12.1 Å². The van der Waals surface area contributed by atoms with Crippen LogP contribution in [0, 0.1) is 13.8 Å². The average molecular weight is 442 g/mol. The van der Waals surface area contributed by atoms with Gasteiger partial charge in [-0.1, -0.05) is 17.7 Å². The number of aryl methyl sites for hydroxylation is 2. The number of hydrogen-bond acceptors (Lipinski definition) is 4. The van der Waals surface area contributed by atoms with Crippen molar-refractivity contribution in [2.24, 2.45) is 0 Å². The number of carbonyl (C=O) groups is 2. The van der Waals surface area contributed by atoms with Gasteiger partial charge in [0.05, 0.1) is 18.6 Å². The molecule has 0 aromatic heterocycles. The van der Waals surface area contributed by atoms with Crippen LogP contribution in [0.15, 0.2) is 36.4 Å². The van der Waals surface area contributed by atoms with Gasteiger partial charge in [0, 0.05) is 37.4 Å². The van der Waals surface area contributed by atoms with Crippen molar-refractivity contribution in [1.82, 2.24) is 4.90 Å². The van der Waals surface area contributed by atoms with Crippen LogP contribution in [0.2, 0.25) is 5.02 Å². The van der Waals surface area contributed by atoms with Crippen molar-refractivity contribution < 1.29 is 19.1 Å². The van der Waals surface area contributed by atoms with Gasteiger partial charge in [0.1, 0.15) is 17.1 Å². The Bertz CT molecular complexity index is 978. The van der Waals surface area contributed by atoms with Crippen molar-refractivity contribution >= 4 is 23.3 Å². The summed E-state index contributed by atoms with van der Waals surface area (Å²) in [6.07, 6.45) is 2.85. The van der Waals surface area contributed by atoms with Crippen LogP contribution >= 0.6 is 11.6 Å². The number of likely N-dealkylation sites (tertiary alicyclic amines) is 1. The molecule has 1 spiro atoms. The first-order valence-corrected chi connectivity index (χ1v) is 11.2. The van der Waals surface area contributed by atoms with Gasteiger partial charge in [-0.3, -0.25) is 9.59 Å². The first kappa shape index (κ1) is 21.7. The molecule has 0 aliphatic carbocycles. The van der Waals surface area contributed by atoms with Gasteiger partial charge >= 0.3 is 0 Å². The zero-order chi connectivity index (χ0) is 22.0. The number of Topliss-reactive ketones (excluding diaryl/α,β-unsaturated/α-hetero) is 1. The molecule has 1 amide bonds. The maximum Gasteiger partial charge on any atom is 0.222 e. The molecule has 0 bridgehead atoms. The normalized spacial score (nSPS) is 17.3. The molecule has 0 unspecified atom stereocenters. The molecule has 0 N–H and O–H groups in total. The summed E-state index contributed by atoms with van der Waals surface area (Å²) in [5, 5.41) is 0.669. The number of halogens is 1. The number of rotatable bonds is 5. The highest BCUT2D eigenvalue weighted by molar-refractivity contribution is 6.30. The molecule has 0 radical (unpaired) electrons. The fourth-order valence-corrected chi connectivity index (χ4v) is 4.69. The van der Waals surface area contributed by atoms with E-state index in [0.29, 0.717) is 62.6 Å². The Kier molecular flexibility index (Phi) is 6.24. The van der Waals surface area contributed by atoms with Gasteiger partial charge in [-0.2, -0.15) is 0 Å². The van der Waals surface area contributed by atoms with Crippen molar-refractivity contribution in [3.05, 3.63) is 58.1 Å². The minimum atomic E-state index is -0.487. The van der Waals surface area contributed by atoms with Gasteiger partial charge in [-0.05, 0) is 61.7 Å². The molecule has 1 saturated heterocycles. The third kappa shape index (κ3) is 4.87. The lowest BCUT2D eigenvalue weighted by molar-refractivity contribution is -0.135. The average Bonchev–Trinajstić information content (AvgIpc) is 2.72. The lowest BCUT2D eigenvalue weighted by Crippen LogP contribution is -2.52. The molecule has 2 aromatic carbocycles. The second-order valence-corrected chi connectivity index (χ2v) is 9.06. The number of fused-ring (bicyclic) bond motifs is 1. The van der Waals surface area contributed by atoms with E-state index in [1.165, 1.54) is 0 Å². The zero-order valence-electron chi connectivity index (χ0n) is 18.1. The van der Waals surface area contributed by atoms with E-state index in [4.69, 9.17) is 21.1 Å². The van der Waals surface area contributed by atoms with Crippen LogP contribution in [-0.2, 0) is 4.79 Å². The highest BCUT2D eigenvalue weighted by Crippen LogP contribution is 2.41. The topological polar surface area (TPSA) is 55.8 Å². The first-order valence-electron chi connectivity index (χ1n) is 10.8. The molecule has 164 valence electrons. The van der Waals surface area contributed by atoms with E-state index >= 15 is 0 Å². The van der Waals surface area contributed by atoms with E-state index < -0.39 is 5.60 Å². The molecule has 6 heteroatoms. The third-order valence-electron chi connectivity index (χ3n) is 6.18. The number of amides is 1. The zero-order valence-corrected chi connectivity index (χ0v) is 18.8. The van der Waals surface area contributed by atoms with E-state index in [2.05, 4.69) is 0 Å². The van der Waals surface area contributed by atoms with Crippen LogP contribution in [0.1, 0.15) is 53.6 Å². The Hall–Kier alpha value is -2.53. The molecule has 2 heterocycles. The Labute approximate surface area is 188 Å². The third-order valence-corrected chi connectivity index (χ3v) is 6.43. The molecule has 2 aromatic rings. The predicted octanol–water partition coefficient (Wildman–Crippen LogP) is 5.14. The standard InChI is InChI=1S/C25H28ClNO4/c1-17-14-18(2)24-21(28)16-25(31-22(24)15-17)9-11-27(12-10-25)23(29)4-3-13-30-20-7-5-19(26)6-8-20/h5-8,14-15H,3-4,9-13,16H2,1-2H3. The number of piperidine rings is 1. The molecular formula is C25H28ClNO4. The minimum absolute atomic E-state index is 0.129. The van der Waals surface area contributed by atoms with Gasteiger partial charge in [-0.15, -0.1) is 0 Å². The summed E-state index contributed by atoms with van der Waals surface area (Å²) in [5.74, 6) is 1.73. The van der Waals surface area contributed by atoms with Gasteiger partial charge in [0.15, 0.2) is 5.78 Å². The van der Waals surface area contributed by atoms with Crippen LogP contribution in [0.25, 0.3) is 0 Å². The fourth-order valence-electron chi connectivity index (χ4n) is 4.56. The highest BCUT2D eigenvalue weighted by Gasteiger charge is 2.44. The summed E-state index contributed by atoms with van der Waals surface area (Å²) in [7, 11) is 0. The molecule has 2 aliphatic heterocycles. The van der Waals surface area contributed by atoms with E-state index in [-0.39, 0.29) is 11.7 Å². The molecule has 0 atom stereocenters. The number of ketones is 1. The van der Waals surface area contributed by atoms with Crippen molar-refractivity contribution in [1.29, 1.82) is 0 Å². The van der Waals surface area contributed by atoms with Crippen molar-refractivity contribution in [2.75, 3.05) is 19.7 Å². The summed E-state index contributed by atoms with van der Waals surface area (Å²) in [6, 6.07) is 11.2. The molecule has 31 heavy (non-hydrogen) atoms. The second-order valence-electron chi connectivity index (χ2n) is 8.63. The number of benzene rings is 2. The van der Waals surface area contributed by atoms with Crippen LogP contribution in [-0.4, -0.2) is 41.9 Å². The Balaban J connectivity index is 1.27. The largest absolute Gasteiger partial charge is 0.494 e. The predicted molar refractivity (Wildman–Crippen MR) is 120 cm³/mol. The number of hydrogen-bond donors (Lipinski definition) is 0. The number of nitrogens with zero attached hydrogens (tertiary/aromatic N) is 1. The van der Waals surface area contributed by atoms with E-state index in [1.807, 2.05) is 43.0 Å². The van der Waals surface area contributed by atoms with Gasteiger partial charge in [0.25, 0.3) is 0 Å². The Morgan fingerprint density at radius 1 is 1.16 bits per heavy atom. The SMILES string of the molecule is Cc1cc(C)c2c(c1)OC1(CCN(C(=O)CCCOc3ccc(Cl)cc3)CC1)CC2=O. The summed E-state index contributed by atoms with van der Waals surface area (Å²) in [4.78, 5) is 27.3. The van der Waals surface area contributed by atoms with Crippen molar-refractivity contribution in [3.8, 4) is 11.5 Å². The molecule has 2 aliphatic rings. The van der Waals surface area contributed by atoms with Crippen molar-refractivity contribution in [2.45, 2.75) is 51.6 Å². The van der Waals surface area contributed by atoms with E-state index in [9.17, 15) is 9.59 Å². The Morgan fingerprint density at radius 2 is 1.87 bits per heavy atom. The molecule has 1 fully saturated rings. The first-order chi connectivity index (χ1) is 14.8.